The Bertz CT molecular complexity index is 1390. The molecule has 0 bridgehead atoms. The van der Waals surface area contributed by atoms with Crippen LogP contribution in [0.15, 0.2) is 78.9 Å². The first-order valence-corrected chi connectivity index (χ1v) is 16.6. The lowest BCUT2D eigenvalue weighted by molar-refractivity contribution is -0.141. The third-order valence-electron chi connectivity index (χ3n) is 7.53. The van der Waals surface area contributed by atoms with Crippen LogP contribution in [0.3, 0.4) is 0 Å². The minimum Gasteiger partial charge on any atom is -0.352 e. The van der Waals surface area contributed by atoms with Crippen LogP contribution in [-0.2, 0) is 39.0 Å². The number of carbonyl (C=O) groups is 2. The van der Waals surface area contributed by atoms with Crippen molar-refractivity contribution in [2.45, 2.75) is 78.4 Å². The van der Waals surface area contributed by atoms with Gasteiger partial charge >= 0.3 is 0 Å². The molecule has 7 nitrogen and oxygen atoms in total. The highest BCUT2D eigenvalue weighted by Crippen LogP contribution is 2.21. The molecule has 3 rings (SSSR count). The predicted octanol–water partition coefficient (Wildman–Crippen LogP) is 5.66. The van der Waals surface area contributed by atoms with Crippen molar-refractivity contribution >= 4 is 27.5 Å². The first-order chi connectivity index (χ1) is 20.0. The Labute approximate surface area is 252 Å². The van der Waals surface area contributed by atoms with Gasteiger partial charge in [0.15, 0.2) is 0 Å². The summed E-state index contributed by atoms with van der Waals surface area (Å²) >= 11 is 0. The Morgan fingerprint density at radius 2 is 1.48 bits per heavy atom. The minimum atomic E-state index is -3.55. The average molecular weight is 592 g/mol. The number of sulfonamides is 1. The molecule has 2 unspecified atom stereocenters. The zero-order chi connectivity index (χ0) is 30.7. The molecule has 8 heteroatoms. The molecule has 1 N–H and O–H groups in total. The van der Waals surface area contributed by atoms with Crippen LogP contribution in [0.1, 0.15) is 62.3 Å². The first kappa shape index (κ1) is 32.9. The van der Waals surface area contributed by atoms with Crippen molar-refractivity contribution in [3.8, 4) is 0 Å². The predicted molar refractivity (Wildman–Crippen MR) is 171 cm³/mol. The highest BCUT2D eigenvalue weighted by atomic mass is 32.2. The lowest BCUT2D eigenvalue weighted by atomic mass is 10.0. The highest BCUT2D eigenvalue weighted by Gasteiger charge is 2.31. The van der Waals surface area contributed by atoms with Crippen molar-refractivity contribution in [2.75, 3.05) is 17.1 Å². The summed E-state index contributed by atoms with van der Waals surface area (Å²) in [6.45, 7) is 8.46. The molecule has 2 amide bonds. The van der Waals surface area contributed by atoms with Crippen LogP contribution in [0, 0.1) is 6.92 Å². The number of anilines is 1. The summed E-state index contributed by atoms with van der Waals surface area (Å²) in [5.74, 6) is -0.381. The molecular weight excluding hydrogens is 546 g/mol. The van der Waals surface area contributed by atoms with Crippen LogP contribution in [0.4, 0.5) is 5.69 Å². The molecule has 42 heavy (non-hydrogen) atoms. The SMILES string of the molecule is CCc1ccc(N(CCCC(=O)N(Cc2ccc(C)cc2)C(Cc2ccccc2)C(=O)NC(C)CC)S(C)(=O)=O)cc1. The van der Waals surface area contributed by atoms with E-state index in [4.69, 9.17) is 0 Å². The molecule has 0 aliphatic carbocycles. The Morgan fingerprint density at radius 3 is 2.05 bits per heavy atom. The van der Waals surface area contributed by atoms with Gasteiger partial charge < -0.3 is 10.2 Å². The molecule has 0 saturated heterocycles. The van der Waals surface area contributed by atoms with E-state index >= 15 is 0 Å². The topological polar surface area (TPSA) is 86.8 Å². The zero-order valence-electron chi connectivity index (χ0n) is 25.5. The first-order valence-electron chi connectivity index (χ1n) is 14.8. The van der Waals surface area contributed by atoms with Crippen molar-refractivity contribution in [3.63, 3.8) is 0 Å². The Balaban J connectivity index is 1.87. The summed E-state index contributed by atoms with van der Waals surface area (Å²) in [4.78, 5) is 29.3. The fraction of sp³-hybridized carbons (Fsp3) is 0.412. The summed E-state index contributed by atoms with van der Waals surface area (Å²) in [5, 5.41) is 3.08. The lowest BCUT2D eigenvalue weighted by Crippen LogP contribution is -2.52. The second-order valence-corrected chi connectivity index (χ2v) is 12.9. The van der Waals surface area contributed by atoms with Crippen molar-refractivity contribution in [2.24, 2.45) is 0 Å². The maximum Gasteiger partial charge on any atom is 0.243 e. The van der Waals surface area contributed by atoms with Gasteiger partial charge in [0.25, 0.3) is 0 Å². The third-order valence-corrected chi connectivity index (χ3v) is 8.72. The monoisotopic (exact) mass is 591 g/mol. The Kier molecular flexibility index (Phi) is 12.2. The van der Waals surface area contributed by atoms with Crippen LogP contribution in [0.5, 0.6) is 0 Å². The van der Waals surface area contributed by atoms with Gasteiger partial charge in [0.1, 0.15) is 6.04 Å². The third kappa shape index (κ3) is 9.72. The molecule has 0 fully saturated rings. The van der Waals surface area contributed by atoms with Crippen LogP contribution in [0.25, 0.3) is 0 Å². The van der Waals surface area contributed by atoms with E-state index < -0.39 is 16.1 Å². The molecule has 0 heterocycles. The van der Waals surface area contributed by atoms with Crippen LogP contribution in [0.2, 0.25) is 0 Å². The highest BCUT2D eigenvalue weighted by molar-refractivity contribution is 7.92. The van der Waals surface area contributed by atoms with E-state index in [2.05, 4.69) is 5.32 Å². The zero-order valence-corrected chi connectivity index (χ0v) is 26.4. The molecule has 0 saturated carbocycles. The number of nitrogens with zero attached hydrogens (tertiary/aromatic N) is 2. The largest absolute Gasteiger partial charge is 0.352 e. The normalized spacial score (nSPS) is 12.8. The van der Waals surface area contributed by atoms with Crippen molar-refractivity contribution in [3.05, 3.63) is 101 Å². The second-order valence-electron chi connectivity index (χ2n) is 11.0. The number of hydrogen-bond acceptors (Lipinski definition) is 4. The summed E-state index contributed by atoms with van der Waals surface area (Å²) in [6, 6.07) is 24.4. The van der Waals surface area contributed by atoms with E-state index in [0.717, 1.165) is 35.1 Å². The number of nitrogens with one attached hydrogen (secondary N) is 1. The number of rotatable bonds is 15. The van der Waals surface area contributed by atoms with E-state index in [1.807, 2.05) is 94.4 Å². The van der Waals surface area contributed by atoms with Gasteiger partial charge in [0, 0.05) is 32.0 Å². The van der Waals surface area contributed by atoms with E-state index in [1.54, 1.807) is 17.0 Å². The van der Waals surface area contributed by atoms with Crippen molar-refractivity contribution in [1.82, 2.24) is 10.2 Å². The second kappa shape index (κ2) is 15.5. The number of amides is 2. The fourth-order valence-corrected chi connectivity index (χ4v) is 5.75. The average Bonchev–Trinajstić information content (AvgIpc) is 2.97. The standard InChI is InChI=1S/C34H45N3O4S/c1-6-27(4)35-34(39)32(24-29-12-9-8-10-13-29)36(25-30-17-15-26(3)16-18-30)33(38)14-11-23-37(42(5,40)41)31-21-19-28(7-2)20-22-31/h8-10,12-13,15-22,27,32H,6-7,11,14,23-25H2,1-5H3,(H,35,39). The molecule has 0 aromatic heterocycles. The molecule has 0 aliphatic rings. The molecule has 3 aromatic rings. The Morgan fingerprint density at radius 1 is 0.857 bits per heavy atom. The number of aryl methyl sites for hydroxylation is 2. The van der Waals surface area contributed by atoms with Gasteiger partial charge in [0.05, 0.1) is 11.9 Å². The maximum atomic E-state index is 13.9. The number of carbonyl (C=O) groups excluding carboxylic acids is 2. The molecule has 0 aliphatic heterocycles. The number of benzene rings is 3. The van der Waals surface area contributed by atoms with Crippen LogP contribution < -0.4 is 9.62 Å². The van der Waals surface area contributed by atoms with E-state index in [0.29, 0.717) is 18.5 Å². The van der Waals surface area contributed by atoms with E-state index in [1.165, 1.54) is 10.6 Å². The minimum absolute atomic E-state index is 0.0329. The van der Waals surface area contributed by atoms with Crippen molar-refractivity contribution in [1.29, 1.82) is 0 Å². The molecule has 226 valence electrons. The Hall–Kier alpha value is -3.65. The van der Waals surface area contributed by atoms with Crippen LogP contribution in [-0.4, -0.2) is 50.0 Å². The van der Waals surface area contributed by atoms with Gasteiger partial charge in [-0.1, -0.05) is 86.1 Å². The summed E-state index contributed by atoms with van der Waals surface area (Å²) in [7, 11) is -3.55. The molecule has 2 atom stereocenters. The fourth-order valence-electron chi connectivity index (χ4n) is 4.79. The number of hydrogen-bond donors (Lipinski definition) is 1. The molecule has 3 aromatic carbocycles. The molecule has 0 spiro atoms. The van der Waals surface area contributed by atoms with Crippen LogP contribution >= 0.6 is 0 Å². The molecular formula is C34H45N3O4S. The van der Waals surface area contributed by atoms with Gasteiger partial charge in [-0.15, -0.1) is 0 Å². The smallest absolute Gasteiger partial charge is 0.243 e. The van der Waals surface area contributed by atoms with Gasteiger partial charge in [-0.3, -0.25) is 13.9 Å². The maximum absolute atomic E-state index is 13.9. The van der Waals surface area contributed by atoms with E-state index in [9.17, 15) is 18.0 Å². The van der Waals surface area contributed by atoms with Gasteiger partial charge in [0.2, 0.25) is 21.8 Å². The van der Waals surface area contributed by atoms with Gasteiger partial charge in [-0.2, -0.15) is 0 Å². The van der Waals surface area contributed by atoms with Crippen molar-refractivity contribution < 1.29 is 18.0 Å². The van der Waals surface area contributed by atoms with E-state index in [-0.39, 0.29) is 37.4 Å². The molecule has 0 radical (unpaired) electrons. The summed E-state index contributed by atoms with van der Waals surface area (Å²) in [6.07, 6.45) is 3.61. The quantitative estimate of drug-likeness (QED) is 0.247. The van der Waals surface area contributed by atoms with Gasteiger partial charge in [-0.25, -0.2) is 8.42 Å². The van der Waals surface area contributed by atoms with Gasteiger partial charge in [-0.05, 0) is 61.9 Å². The summed E-state index contributed by atoms with van der Waals surface area (Å²) in [5.41, 5.74) is 4.70. The summed E-state index contributed by atoms with van der Waals surface area (Å²) < 4.78 is 26.7. The lowest BCUT2D eigenvalue weighted by Gasteiger charge is -2.32.